The van der Waals surface area contributed by atoms with Gasteiger partial charge in [-0.2, -0.15) is 0 Å². The summed E-state index contributed by atoms with van der Waals surface area (Å²) in [6.45, 7) is 11.1. The van der Waals surface area contributed by atoms with E-state index in [9.17, 15) is 0 Å². The fourth-order valence-electron chi connectivity index (χ4n) is 4.54. The standard InChI is InChI=1S/C27H26N2S/c1-16(2)20-10-11-21-22(15-30-25(21)14-20)27-28-23-8-6-7-9-24(23)29(27)26-18(4)12-17(3)13-19(26)5/h6-16H,1-5H3. The zero-order chi connectivity index (χ0) is 21.0. The van der Waals surface area contributed by atoms with Crippen LogP contribution >= 0.6 is 11.3 Å². The molecule has 0 spiro atoms. The molecule has 150 valence electrons. The maximum atomic E-state index is 5.11. The predicted molar refractivity (Wildman–Crippen MR) is 130 cm³/mol. The first-order valence-electron chi connectivity index (χ1n) is 10.5. The second kappa shape index (κ2) is 7.10. The maximum Gasteiger partial charge on any atom is 0.147 e. The first kappa shape index (κ1) is 19.1. The minimum atomic E-state index is 0.530. The van der Waals surface area contributed by atoms with Gasteiger partial charge in [-0.25, -0.2) is 4.98 Å². The van der Waals surface area contributed by atoms with Crippen LogP contribution in [0.5, 0.6) is 0 Å². The van der Waals surface area contributed by atoms with Crippen molar-refractivity contribution >= 4 is 32.5 Å². The minimum absolute atomic E-state index is 0.530. The number of imidazole rings is 1. The maximum absolute atomic E-state index is 5.11. The van der Waals surface area contributed by atoms with E-state index in [0.29, 0.717) is 5.92 Å². The zero-order valence-corrected chi connectivity index (χ0v) is 19.0. The van der Waals surface area contributed by atoms with Crippen molar-refractivity contribution in [3.8, 4) is 17.1 Å². The number of hydrogen-bond donors (Lipinski definition) is 0. The lowest BCUT2D eigenvalue weighted by molar-refractivity contribution is 0.869. The summed E-state index contributed by atoms with van der Waals surface area (Å²) >= 11 is 1.81. The fourth-order valence-corrected chi connectivity index (χ4v) is 5.52. The average molecular weight is 411 g/mol. The molecule has 0 aliphatic heterocycles. The highest BCUT2D eigenvalue weighted by atomic mass is 32.1. The quantitative estimate of drug-likeness (QED) is 0.295. The number of para-hydroxylation sites is 2. The zero-order valence-electron chi connectivity index (χ0n) is 18.2. The molecule has 0 radical (unpaired) electrons. The normalized spacial score (nSPS) is 11.8. The Labute approximate surface area is 181 Å². The van der Waals surface area contributed by atoms with Crippen LogP contribution in [-0.2, 0) is 0 Å². The molecular weight excluding hydrogens is 384 g/mol. The van der Waals surface area contributed by atoms with Gasteiger partial charge in [0, 0.05) is 21.0 Å². The number of aromatic nitrogens is 2. The first-order valence-corrected chi connectivity index (χ1v) is 11.4. The number of hydrogen-bond acceptors (Lipinski definition) is 2. The highest BCUT2D eigenvalue weighted by Gasteiger charge is 2.20. The van der Waals surface area contributed by atoms with Crippen molar-refractivity contribution in [2.45, 2.75) is 40.5 Å². The van der Waals surface area contributed by atoms with Crippen LogP contribution in [0.25, 0.3) is 38.2 Å². The Kier molecular flexibility index (Phi) is 4.52. The monoisotopic (exact) mass is 410 g/mol. The lowest BCUT2D eigenvalue weighted by Gasteiger charge is -2.16. The van der Waals surface area contributed by atoms with E-state index >= 15 is 0 Å². The van der Waals surface area contributed by atoms with Crippen LogP contribution in [0.15, 0.2) is 60.0 Å². The van der Waals surface area contributed by atoms with E-state index in [1.165, 1.54) is 43.6 Å². The topological polar surface area (TPSA) is 17.8 Å². The van der Waals surface area contributed by atoms with E-state index in [-0.39, 0.29) is 0 Å². The second-order valence-corrected chi connectivity index (χ2v) is 9.48. The lowest BCUT2D eigenvalue weighted by atomic mass is 10.0. The molecule has 2 nitrogen and oxygen atoms in total. The molecule has 0 bridgehead atoms. The van der Waals surface area contributed by atoms with Gasteiger partial charge in [0.1, 0.15) is 5.82 Å². The summed E-state index contributed by atoms with van der Waals surface area (Å²) in [5.41, 5.74) is 9.86. The number of fused-ring (bicyclic) bond motifs is 2. The van der Waals surface area contributed by atoms with Crippen LogP contribution in [0.2, 0.25) is 0 Å². The van der Waals surface area contributed by atoms with Gasteiger partial charge in [0.2, 0.25) is 0 Å². The number of aryl methyl sites for hydroxylation is 3. The minimum Gasteiger partial charge on any atom is -0.292 e. The van der Waals surface area contributed by atoms with Gasteiger partial charge in [-0.05, 0) is 61.6 Å². The van der Waals surface area contributed by atoms with Crippen molar-refractivity contribution in [1.82, 2.24) is 9.55 Å². The van der Waals surface area contributed by atoms with Gasteiger partial charge in [0.25, 0.3) is 0 Å². The Morgan fingerprint density at radius 2 is 1.63 bits per heavy atom. The molecule has 30 heavy (non-hydrogen) atoms. The summed E-state index contributed by atoms with van der Waals surface area (Å²) < 4.78 is 3.68. The van der Waals surface area contributed by atoms with E-state index in [2.05, 4.69) is 99.2 Å². The second-order valence-electron chi connectivity index (χ2n) is 8.57. The molecule has 0 saturated carbocycles. The Bertz CT molecular complexity index is 1380. The van der Waals surface area contributed by atoms with Crippen LogP contribution in [0.4, 0.5) is 0 Å². The Morgan fingerprint density at radius 3 is 2.37 bits per heavy atom. The van der Waals surface area contributed by atoms with Gasteiger partial charge in [0.15, 0.2) is 0 Å². The first-order chi connectivity index (χ1) is 14.4. The van der Waals surface area contributed by atoms with E-state index in [0.717, 1.165) is 16.9 Å². The third-order valence-corrected chi connectivity index (χ3v) is 6.87. The number of rotatable bonds is 3. The molecule has 5 rings (SSSR count). The van der Waals surface area contributed by atoms with Gasteiger partial charge >= 0.3 is 0 Å². The fraction of sp³-hybridized carbons (Fsp3) is 0.222. The van der Waals surface area contributed by atoms with Gasteiger partial charge in [-0.3, -0.25) is 4.57 Å². The van der Waals surface area contributed by atoms with Crippen molar-refractivity contribution in [3.63, 3.8) is 0 Å². The van der Waals surface area contributed by atoms with E-state index < -0.39 is 0 Å². The molecule has 2 aromatic heterocycles. The molecule has 0 unspecified atom stereocenters. The van der Waals surface area contributed by atoms with Gasteiger partial charge < -0.3 is 0 Å². The van der Waals surface area contributed by atoms with E-state index in [1.54, 1.807) is 0 Å². The molecule has 0 N–H and O–H groups in total. The summed E-state index contributed by atoms with van der Waals surface area (Å²) in [6, 6.07) is 19.9. The third-order valence-electron chi connectivity index (χ3n) is 5.93. The molecule has 0 amide bonds. The highest BCUT2D eigenvalue weighted by molar-refractivity contribution is 7.17. The Morgan fingerprint density at radius 1 is 0.900 bits per heavy atom. The van der Waals surface area contributed by atoms with Crippen molar-refractivity contribution in [2.24, 2.45) is 0 Å². The van der Waals surface area contributed by atoms with Crippen molar-refractivity contribution < 1.29 is 0 Å². The SMILES string of the molecule is Cc1cc(C)c(-n2c(-c3csc4cc(C(C)C)ccc34)nc3ccccc32)c(C)c1. The molecule has 0 atom stereocenters. The van der Waals surface area contributed by atoms with Crippen LogP contribution in [0.1, 0.15) is 42.0 Å². The molecule has 0 aliphatic carbocycles. The molecule has 3 heteroatoms. The summed E-state index contributed by atoms with van der Waals surface area (Å²) in [7, 11) is 0. The van der Waals surface area contributed by atoms with Crippen molar-refractivity contribution in [3.05, 3.63) is 82.2 Å². The van der Waals surface area contributed by atoms with Gasteiger partial charge in [-0.1, -0.05) is 55.8 Å². The summed E-state index contributed by atoms with van der Waals surface area (Å²) in [5.74, 6) is 1.55. The van der Waals surface area contributed by atoms with Gasteiger partial charge in [0.05, 0.1) is 16.7 Å². The largest absolute Gasteiger partial charge is 0.292 e. The Hall–Kier alpha value is -2.91. The average Bonchev–Trinajstić information content (AvgIpc) is 3.28. The molecule has 0 aliphatic rings. The molecule has 0 saturated heterocycles. The molecule has 2 heterocycles. The van der Waals surface area contributed by atoms with Crippen LogP contribution in [0, 0.1) is 20.8 Å². The molecule has 3 aromatic carbocycles. The van der Waals surface area contributed by atoms with Crippen molar-refractivity contribution in [2.75, 3.05) is 0 Å². The van der Waals surface area contributed by atoms with Gasteiger partial charge in [-0.15, -0.1) is 11.3 Å². The van der Waals surface area contributed by atoms with E-state index in [1.807, 2.05) is 11.3 Å². The third kappa shape index (κ3) is 2.96. The summed E-state index contributed by atoms with van der Waals surface area (Å²) in [6.07, 6.45) is 0. The van der Waals surface area contributed by atoms with Crippen LogP contribution < -0.4 is 0 Å². The Balaban J connectivity index is 1.84. The summed E-state index contributed by atoms with van der Waals surface area (Å²) in [5, 5.41) is 3.55. The smallest absolute Gasteiger partial charge is 0.147 e. The van der Waals surface area contributed by atoms with Crippen LogP contribution in [0.3, 0.4) is 0 Å². The number of benzene rings is 3. The molecule has 0 fully saturated rings. The number of nitrogens with zero attached hydrogens (tertiary/aromatic N) is 2. The lowest BCUT2D eigenvalue weighted by Crippen LogP contribution is -2.03. The summed E-state index contributed by atoms with van der Waals surface area (Å²) in [4.78, 5) is 5.11. The molecular formula is C27H26N2S. The number of thiophene rings is 1. The predicted octanol–water partition coefficient (Wildman–Crippen LogP) is 7.96. The highest BCUT2D eigenvalue weighted by Crippen LogP contribution is 2.39. The molecule has 5 aromatic rings. The van der Waals surface area contributed by atoms with E-state index in [4.69, 9.17) is 4.98 Å². The van der Waals surface area contributed by atoms with Crippen molar-refractivity contribution in [1.29, 1.82) is 0 Å². The van der Waals surface area contributed by atoms with Crippen LogP contribution in [-0.4, -0.2) is 9.55 Å².